The Hall–Kier alpha value is -4.22. The molecule has 1 amide bonds. The fourth-order valence-electron chi connectivity index (χ4n) is 7.61. The van der Waals surface area contributed by atoms with Crippen LogP contribution in [-0.4, -0.2) is 65.0 Å². The number of nitrogens with one attached hydrogen (secondary N) is 3. The van der Waals surface area contributed by atoms with Gasteiger partial charge in [0.15, 0.2) is 5.65 Å². The molecule has 0 aliphatic carbocycles. The zero-order valence-corrected chi connectivity index (χ0v) is 32.2. The highest BCUT2D eigenvalue weighted by molar-refractivity contribution is 7.97. The van der Waals surface area contributed by atoms with Gasteiger partial charge in [0.05, 0.1) is 17.3 Å². The standard InChI is InChI=1S/C43H53N7O2S/c1-4-40-38(41(47-36-17-21-52-22-18-36)39-29-45-50(5-2)42(39)48-40)28-44-43(51)35-13-8-14-37(26-35)53-46-27-32-10-7-12-34(25-32)33-11-6-9-31(24-33)23-30-15-19-49(3)20-16-30/h6-14,24-26,29-30,36,46H,4-5,15-23,27-28H2,1-3H3,(H,44,51)(H,47,48). The summed E-state index contributed by atoms with van der Waals surface area (Å²) in [4.78, 5) is 22.0. The zero-order valence-electron chi connectivity index (χ0n) is 31.4. The lowest BCUT2D eigenvalue weighted by molar-refractivity contribution is 0.0904. The second kappa shape index (κ2) is 17.7. The number of piperidine rings is 1. The van der Waals surface area contributed by atoms with Crippen LogP contribution in [0.25, 0.3) is 22.2 Å². The Morgan fingerprint density at radius 1 is 0.906 bits per heavy atom. The number of anilines is 1. The lowest BCUT2D eigenvalue weighted by Gasteiger charge is -2.29. The molecular formula is C43H53N7O2S. The maximum Gasteiger partial charge on any atom is 0.251 e. The fraction of sp³-hybridized carbons (Fsp3) is 0.419. The van der Waals surface area contributed by atoms with Crippen molar-refractivity contribution in [3.63, 3.8) is 0 Å². The van der Waals surface area contributed by atoms with Crippen LogP contribution in [0.15, 0.2) is 83.9 Å². The van der Waals surface area contributed by atoms with Crippen molar-refractivity contribution in [1.82, 2.24) is 29.7 Å². The molecule has 0 saturated carbocycles. The van der Waals surface area contributed by atoms with Crippen molar-refractivity contribution in [3.05, 3.63) is 107 Å². The molecule has 3 aromatic carbocycles. The van der Waals surface area contributed by atoms with E-state index >= 15 is 0 Å². The van der Waals surface area contributed by atoms with Crippen LogP contribution in [0.2, 0.25) is 0 Å². The van der Waals surface area contributed by atoms with Crippen LogP contribution in [-0.2, 0) is 37.2 Å². The van der Waals surface area contributed by atoms with E-state index in [2.05, 4.69) is 94.8 Å². The predicted octanol–water partition coefficient (Wildman–Crippen LogP) is 7.88. The summed E-state index contributed by atoms with van der Waals surface area (Å²) in [7, 11) is 2.23. The summed E-state index contributed by atoms with van der Waals surface area (Å²) in [6.45, 7) is 9.92. The maximum absolute atomic E-state index is 13.6. The number of ether oxygens (including phenoxy) is 1. The molecule has 2 aliphatic heterocycles. The Morgan fingerprint density at radius 2 is 1.64 bits per heavy atom. The summed E-state index contributed by atoms with van der Waals surface area (Å²) < 4.78 is 11.1. The molecule has 0 radical (unpaired) electrons. The first kappa shape index (κ1) is 37.1. The van der Waals surface area contributed by atoms with Gasteiger partial charge in [0.1, 0.15) is 0 Å². The van der Waals surface area contributed by atoms with Crippen molar-refractivity contribution in [2.45, 2.75) is 82.9 Å². The minimum Gasteiger partial charge on any atom is -0.381 e. The van der Waals surface area contributed by atoms with Crippen LogP contribution in [0.4, 0.5) is 5.69 Å². The second-order valence-electron chi connectivity index (χ2n) is 14.5. The molecule has 4 heterocycles. The van der Waals surface area contributed by atoms with Crippen LogP contribution in [0.3, 0.4) is 0 Å². The number of nitrogens with zero attached hydrogens (tertiary/aromatic N) is 4. The van der Waals surface area contributed by atoms with Gasteiger partial charge in [-0.2, -0.15) is 5.10 Å². The number of hydrogen-bond donors (Lipinski definition) is 3. The van der Waals surface area contributed by atoms with Gasteiger partial charge in [0, 0.05) is 60.6 Å². The fourth-order valence-corrected chi connectivity index (χ4v) is 8.35. The maximum atomic E-state index is 13.6. The Labute approximate surface area is 318 Å². The highest BCUT2D eigenvalue weighted by Crippen LogP contribution is 2.32. The number of aromatic nitrogens is 3. The highest BCUT2D eigenvalue weighted by atomic mass is 32.2. The molecule has 7 rings (SSSR count). The van der Waals surface area contributed by atoms with Crippen molar-refractivity contribution in [3.8, 4) is 11.1 Å². The van der Waals surface area contributed by atoms with Crippen LogP contribution in [0.1, 0.15) is 72.3 Å². The monoisotopic (exact) mass is 731 g/mol. The van der Waals surface area contributed by atoms with Gasteiger partial charge in [-0.1, -0.05) is 55.5 Å². The zero-order chi connectivity index (χ0) is 36.6. The Morgan fingerprint density at radius 3 is 2.40 bits per heavy atom. The van der Waals surface area contributed by atoms with Crippen molar-refractivity contribution in [2.24, 2.45) is 5.92 Å². The van der Waals surface area contributed by atoms with Crippen LogP contribution >= 0.6 is 11.9 Å². The predicted molar refractivity (Wildman–Crippen MR) is 216 cm³/mol. The first-order valence-electron chi connectivity index (χ1n) is 19.3. The summed E-state index contributed by atoms with van der Waals surface area (Å²) in [5.74, 6) is 0.663. The number of fused-ring (bicyclic) bond motifs is 1. The van der Waals surface area contributed by atoms with E-state index in [1.54, 1.807) is 11.9 Å². The van der Waals surface area contributed by atoms with Gasteiger partial charge < -0.3 is 20.3 Å². The third kappa shape index (κ3) is 9.30. The lowest BCUT2D eigenvalue weighted by atomic mass is 9.89. The lowest BCUT2D eigenvalue weighted by Crippen LogP contribution is -2.30. The molecule has 0 bridgehead atoms. The second-order valence-corrected chi connectivity index (χ2v) is 15.4. The molecule has 3 N–H and O–H groups in total. The van der Waals surface area contributed by atoms with Crippen molar-refractivity contribution < 1.29 is 9.53 Å². The van der Waals surface area contributed by atoms with Gasteiger partial charge in [0.25, 0.3) is 5.91 Å². The number of benzene rings is 3. The third-order valence-corrected chi connectivity index (χ3v) is 11.5. The molecule has 2 aliphatic rings. The number of carbonyl (C=O) groups is 1. The molecular weight excluding hydrogens is 679 g/mol. The van der Waals surface area contributed by atoms with Gasteiger partial charge in [-0.15, -0.1) is 0 Å². The molecule has 9 nitrogen and oxygen atoms in total. The summed E-state index contributed by atoms with van der Waals surface area (Å²) in [5, 5.41) is 12.6. The number of likely N-dealkylation sites (tertiary alicyclic amines) is 1. The first-order chi connectivity index (χ1) is 26.0. The van der Waals surface area contributed by atoms with E-state index in [1.807, 2.05) is 35.1 Å². The molecule has 2 aromatic heterocycles. The van der Waals surface area contributed by atoms with E-state index < -0.39 is 0 Å². The molecule has 10 heteroatoms. The van der Waals surface area contributed by atoms with Gasteiger partial charge in [0.2, 0.25) is 0 Å². The van der Waals surface area contributed by atoms with Crippen molar-refractivity contribution in [2.75, 3.05) is 38.7 Å². The number of carbonyl (C=O) groups excluding carboxylic acids is 1. The highest BCUT2D eigenvalue weighted by Gasteiger charge is 2.22. The molecule has 2 saturated heterocycles. The van der Waals surface area contributed by atoms with Crippen molar-refractivity contribution >= 4 is 34.6 Å². The molecule has 0 atom stereocenters. The van der Waals surface area contributed by atoms with Crippen molar-refractivity contribution in [1.29, 1.82) is 0 Å². The summed E-state index contributed by atoms with van der Waals surface area (Å²) >= 11 is 1.55. The Kier molecular flexibility index (Phi) is 12.4. The van der Waals surface area contributed by atoms with E-state index in [4.69, 9.17) is 9.72 Å². The number of hydrogen-bond acceptors (Lipinski definition) is 8. The molecule has 53 heavy (non-hydrogen) atoms. The number of amides is 1. The normalized spacial score (nSPS) is 15.9. The SMILES string of the molecule is CCc1nc2c(cnn2CC)c(NC2CCOCC2)c1CNC(=O)c1cccc(SNCc2cccc(-c3cccc(CC4CCN(C)CC4)c3)c2)c1. The van der Waals surface area contributed by atoms with Gasteiger partial charge >= 0.3 is 0 Å². The molecule has 5 aromatic rings. The Bertz CT molecular complexity index is 2000. The van der Waals surface area contributed by atoms with Crippen LogP contribution in [0, 0.1) is 5.92 Å². The molecule has 278 valence electrons. The Balaban J connectivity index is 0.978. The largest absolute Gasteiger partial charge is 0.381 e. The number of rotatable bonds is 14. The minimum atomic E-state index is -0.110. The average Bonchev–Trinajstić information content (AvgIpc) is 3.62. The number of pyridine rings is 1. The van der Waals surface area contributed by atoms with Gasteiger partial charge in [-0.05, 0) is 130 Å². The number of aryl methyl sites for hydroxylation is 2. The van der Waals surface area contributed by atoms with E-state index in [-0.39, 0.29) is 5.91 Å². The molecule has 2 fully saturated rings. The van der Waals surface area contributed by atoms with E-state index in [0.29, 0.717) is 24.7 Å². The summed E-state index contributed by atoms with van der Waals surface area (Å²) in [5.41, 5.74) is 9.69. The van der Waals surface area contributed by atoms with E-state index in [1.165, 1.54) is 48.2 Å². The molecule has 0 spiro atoms. The minimum absolute atomic E-state index is 0.110. The van der Waals surface area contributed by atoms with Gasteiger partial charge in [-0.3, -0.25) is 9.52 Å². The summed E-state index contributed by atoms with van der Waals surface area (Å²) in [6.07, 6.45) is 8.25. The van der Waals surface area contributed by atoms with E-state index in [9.17, 15) is 4.79 Å². The van der Waals surface area contributed by atoms with E-state index in [0.717, 1.165) is 84.2 Å². The topological polar surface area (TPSA) is 96.3 Å². The first-order valence-corrected chi connectivity index (χ1v) is 20.1. The van der Waals surface area contributed by atoms with Crippen LogP contribution in [0.5, 0.6) is 0 Å². The third-order valence-electron chi connectivity index (χ3n) is 10.7. The average molecular weight is 732 g/mol. The summed E-state index contributed by atoms with van der Waals surface area (Å²) in [6, 6.07) is 26.0. The quantitative estimate of drug-likeness (QED) is 0.0994. The smallest absolute Gasteiger partial charge is 0.251 e. The van der Waals surface area contributed by atoms with Crippen LogP contribution < -0.4 is 15.4 Å². The van der Waals surface area contributed by atoms with Gasteiger partial charge in [-0.25, -0.2) is 9.67 Å². The molecule has 0 unspecified atom stereocenters.